The number of fused-ring (bicyclic) bond motifs is 1. The van der Waals surface area contributed by atoms with Crippen molar-refractivity contribution in [2.45, 2.75) is 30.9 Å². The molecule has 1 aromatic carbocycles. The topological polar surface area (TPSA) is 45.7 Å². The number of para-hydroxylation sites is 1. The lowest BCUT2D eigenvalue weighted by Crippen LogP contribution is -2.44. The first-order chi connectivity index (χ1) is 10.6. The number of rotatable bonds is 5. The van der Waals surface area contributed by atoms with Crippen LogP contribution in [-0.4, -0.2) is 43.7 Å². The van der Waals surface area contributed by atoms with E-state index in [0.29, 0.717) is 5.92 Å². The molecule has 0 aliphatic carbocycles. The lowest BCUT2D eigenvalue weighted by atomic mass is 9.93. The minimum atomic E-state index is 0.197. The number of benzene rings is 1. The van der Waals surface area contributed by atoms with Crippen molar-refractivity contribution >= 4 is 17.7 Å². The van der Waals surface area contributed by atoms with Gasteiger partial charge in [-0.1, -0.05) is 18.2 Å². The van der Waals surface area contributed by atoms with E-state index < -0.39 is 0 Å². The van der Waals surface area contributed by atoms with Crippen LogP contribution in [0.25, 0.3) is 0 Å². The maximum atomic E-state index is 5.72. The van der Waals surface area contributed by atoms with Gasteiger partial charge in [0.1, 0.15) is 5.75 Å². The first-order valence-electron chi connectivity index (χ1n) is 7.77. The zero-order chi connectivity index (χ0) is 16.0. The second-order valence-electron chi connectivity index (χ2n) is 6.14. The summed E-state index contributed by atoms with van der Waals surface area (Å²) in [5.74, 6) is 2.36. The van der Waals surface area contributed by atoms with Crippen LogP contribution in [0.2, 0.25) is 0 Å². The summed E-state index contributed by atoms with van der Waals surface area (Å²) in [5, 5.41) is 6.86. The van der Waals surface area contributed by atoms with Gasteiger partial charge in [0.15, 0.2) is 5.96 Å². The number of guanidine groups is 1. The van der Waals surface area contributed by atoms with Crippen molar-refractivity contribution in [3.8, 4) is 5.75 Å². The second-order valence-corrected chi connectivity index (χ2v) is 7.66. The van der Waals surface area contributed by atoms with Crippen molar-refractivity contribution in [3.63, 3.8) is 0 Å². The molecular formula is C17H27N3OS. The van der Waals surface area contributed by atoms with Gasteiger partial charge in [-0.2, -0.15) is 11.8 Å². The summed E-state index contributed by atoms with van der Waals surface area (Å²) in [5.41, 5.74) is 1.29. The van der Waals surface area contributed by atoms with E-state index in [1.807, 2.05) is 24.9 Å². The van der Waals surface area contributed by atoms with E-state index in [0.717, 1.165) is 37.8 Å². The average Bonchev–Trinajstić information content (AvgIpc) is 2.55. The Morgan fingerprint density at radius 1 is 1.36 bits per heavy atom. The van der Waals surface area contributed by atoms with Gasteiger partial charge >= 0.3 is 0 Å². The Morgan fingerprint density at radius 2 is 2.14 bits per heavy atom. The molecule has 22 heavy (non-hydrogen) atoms. The van der Waals surface area contributed by atoms with Crippen molar-refractivity contribution in [2.75, 3.05) is 33.0 Å². The summed E-state index contributed by atoms with van der Waals surface area (Å²) in [6.45, 7) is 7.01. The number of nitrogens with one attached hydrogen (secondary N) is 2. The fraction of sp³-hybridized carbons (Fsp3) is 0.588. The Hall–Kier alpha value is -1.36. The van der Waals surface area contributed by atoms with Crippen LogP contribution in [0.1, 0.15) is 31.7 Å². The highest BCUT2D eigenvalue weighted by Crippen LogP contribution is 2.32. The zero-order valence-electron chi connectivity index (χ0n) is 14.0. The smallest absolute Gasteiger partial charge is 0.191 e. The molecule has 2 N–H and O–H groups in total. The molecule has 0 spiro atoms. The van der Waals surface area contributed by atoms with Crippen LogP contribution in [-0.2, 0) is 0 Å². The third kappa shape index (κ3) is 4.57. The van der Waals surface area contributed by atoms with E-state index in [1.165, 1.54) is 5.56 Å². The molecule has 0 radical (unpaired) electrons. The average molecular weight is 321 g/mol. The summed E-state index contributed by atoms with van der Waals surface area (Å²) in [6.07, 6.45) is 3.17. The summed E-state index contributed by atoms with van der Waals surface area (Å²) >= 11 is 1.85. The van der Waals surface area contributed by atoms with Gasteiger partial charge in [0, 0.05) is 30.8 Å². The summed E-state index contributed by atoms with van der Waals surface area (Å²) in [6, 6.07) is 8.32. The zero-order valence-corrected chi connectivity index (χ0v) is 14.8. The molecule has 1 aliphatic heterocycles. The number of thioether (sulfide) groups is 1. The van der Waals surface area contributed by atoms with Crippen LogP contribution >= 0.6 is 11.8 Å². The summed E-state index contributed by atoms with van der Waals surface area (Å²) in [4.78, 5) is 4.32. The lowest BCUT2D eigenvalue weighted by molar-refractivity contribution is 0.267. The minimum Gasteiger partial charge on any atom is -0.493 e. The van der Waals surface area contributed by atoms with Crippen molar-refractivity contribution in [1.82, 2.24) is 10.6 Å². The Bertz CT molecular complexity index is 516. The van der Waals surface area contributed by atoms with E-state index in [9.17, 15) is 0 Å². The minimum absolute atomic E-state index is 0.197. The molecule has 5 heteroatoms. The molecule has 0 fully saturated rings. The molecule has 1 aromatic rings. The lowest BCUT2D eigenvalue weighted by Gasteiger charge is -2.27. The second kappa shape index (κ2) is 7.77. The molecule has 0 aromatic heterocycles. The number of ether oxygens (including phenoxy) is 1. The van der Waals surface area contributed by atoms with Gasteiger partial charge < -0.3 is 15.4 Å². The van der Waals surface area contributed by atoms with Crippen molar-refractivity contribution in [1.29, 1.82) is 0 Å². The number of hydrogen-bond donors (Lipinski definition) is 2. The van der Waals surface area contributed by atoms with E-state index in [1.54, 1.807) is 0 Å². The van der Waals surface area contributed by atoms with Crippen molar-refractivity contribution < 1.29 is 4.74 Å². The molecule has 2 rings (SSSR count). The van der Waals surface area contributed by atoms with Gasteiger partial charge in [-0.05, 0) is 38.2 Å². The van der Waals surface area contributed by atoms with Crippen molar-refractivity contribution in [2.24, 2.45) is 4.99 Å². The van der Waals surface area contributed by atoms with Crippen LogP contribution in [0.3, 0.4) is 0 Å². The molecule has 1 unspecified atom stereocenters. The van der Waals surface area contributed by atoms with Crippen LogP contribution in [0, 0.1) is 0 Å². The van der Waals surface area contributed by atoms with E-state index in [2.05, 4.69) is 53.9 Å². The summed E-state index contributed by atoms with van der Waals surface area (Å²) < 4.78 is 5.91. The molecular weight excluding hydrogens is 294 g/mol. The monoisotopic (exact) mass is 321 g/mol. The quantitative estimate of drug-likeness (QED) is 0.647. The Labute approximate surface area is 138 Å². The Morgan fingerprint density at radius 3 is 2.86 bits per heavy atom. The van der Waals surface area contributed by atoms with Gasteiger partial charge in [0.2, 0.25) is 0 Å². The predicted molar refractivity (Wildman–Crippen MR) is 96.3 cm³/mol. The fourth-order valence-electron chi connectivity index (χ4n) is 2.44. The first-order valence-corrected chi connectivity index (χ1v) is 8.99. The molecule has 122 valence electrons. The molecule has 0 saturated carbocycles. The van der Waals surface area contributed by atoms with Gasteiger partial charge in [0.05, 0.1) is 6.61 Å². The highest BCUT2D eigenvalue weighted by atomic mass is 32.2. The van der Waals surface area contributed by atoms with E-state index in [4.69, 9.17) is 4.74 Å². The third-order valence-corrected chi connectivity index (χ3v) is 5.31. The van der Waals surface area contributed by atoms with Crippen LogP contribution in [0.15, 0.2) is 29.3 Å². The number of hydrogen-bond acceptors (Lipinski definition) is 3. The van der Waals surface area contributed by atoms with Crippen LogP contribution in [0.5, 0.6) is 5.75 Å². The maximum Gasteiger partial charge on any atom is 0.191 e. The SMILES string of the molecule is CN=C(NCC1CCOc2ccccc21)NCC(C)(C)SC. The number of nitrogens with zero attached hydrogens (tertiary/aromatic N) is 1. The van der Waals surface area contributed by atoms with E-state index in [-0.39, 0.29) is 4.75 Å². The van der Waals surface area contributed by atoms with Crippen molar-refractivity contribution in [3.05, 3.63) is 29.8 Å². The highest BCUT2D eigenvalue weighted by molar-refractivity contribution is 7.99. The van der Waals surface area contributed by atoms with Gasteiger partial charge in [-0.25, -0.2) is 0 Å². The van der Waals surface area contributed by atoms with Gasteiger partial charge in [0.25, 0.3) is 0 Å². The summed E-state index contributed by atoms with van der Waals surface area (Å²) in [7, 11) is 1.82. The standard InChI is InChI=1S/C17H27N3OS/c1-17(2,22-4)12-20-16(18-3)19-11-13-9-10-21-15-8-6-5-7-14(13)15/h5-8,13H,9-12H2,1-4H3,(H2,18,19,20). The molecule has 0 bridgehead atoms. The van der Waals surface area contributed by atoms with Crippen LogP contribution in [0.4, 0.5) is 0 Å². The van der Waals surface area contributed by atoms with E-state index >= 15 is 0 Å². The maximum absolute atomic E-state index is 5.72. The fourth-order valence-corrected chi connectivity index (χ4v) is 2.65. The highest BCUT2D eigenvalue weighted by Gasteiger charge is 2.21. The third-order valence-electron chi connectivity index (χ3n) is 4.06. The molecule has 1 heterocycles. The Balaban J connectivity index is 1.89. The molecule has 1 aliphatic rings. The number of aliphatic imine (C=N–C) groups is 1. The molecule has 0 amide bonds. The largest absolute Gasteiger partial charge is 0.493 e. The molecule has 4 nitrogen and oxygen atoms in total. The van der Waals surface area contributed by atoms with Gasteiger partial charge in [-0.3, -0.25) is 4.99 Å². The molecule has 0 saturated heterocycles. The van der Waals surface area contributed by atoms with Gasteiger partial charge in [-0.15, -0.1) is 0 Å². The predicted octanol–water partition coefficient (Wildman–Crippen LogP) is 2.86. The molecule has 1 atom stereocenters. The first kappa shape index (κ1) is 17.0. The van der Waals surface area contributed by atoms with Crippen LogP contribution < -0.4 is 15.4 Å². The Kier molecular flexibility index (Phi) is 6.00. The normalized spacial score (nSPS) is 18.4.